The predicted molar refractivity (Wildman–Crippen MR) is 229 cm³/mol. The molecule has 9 heteroatoms. The lowest BCUT2D eigenvalue weighted by molar-refractivity contribution is -0.870. The topological polar surface area (TPSA) is 108 Å². The number of carbonyl (C=O) groups is 1. The molecule has 0 aliphatic heterocycles. The summed E-state index contributed by atoms with van der Waals surface area (Å²) in [5, 5.41) is 13.8. The number of amides is 1. The van der Waals surface area contributed by atoms with Crippen LogP contribution in [-0.4, -0.2) is 68.5 Å². The highest BCUT2D eigenvalue weighted by molar-refractivity contribution is 7.45. The number of aliphatic hydroxyl groups is 1. The molecule has 2 N–H and O–H groups in total. The van der Waals surface area contributed by atoms with Gasteiger partial charge in [0.1, 0.15) is 13.2 Å². The van der Waals surface area contributed by atoms with Gasteiger partial charge in [-0.15, -0.1) is 0 Å². The molecule has 0 heterocycles. The smallest absolute Gasteiger partial charge is 0.268 e. The molecule has 0 saturated heterocycles. The van der Waals surface area contributed by atoms with Crippen molar-refractivity contribution < 1.29 is 32.9 Å². The van der Waals surface area contributed by atoms with Crippen LogP contribution in [0, 0.1) is 0 Å². The zero-order chi connectivity index (χ0) is 40.0. The second-order valence-corrected chi connectivity index (χ2v) is 18.5. The maximum absolute atomic E-state index is 12.8. The third kappa shape index (κ3) is 39.5. The number of hydrogen-bond donors (Lipinski definition) is 2. The fourth-order valence-electron chi connectivity index (χ4n) is 6.80. The number of phosphoric acid groups is 1. The summed E-state index contributed by atoms with van der Waals surface area (Å²) in [5.74, 6) is -0.199. The number of unbranched alkanes of at least 4 members (excludes halogenated alkanes) is 29. The Bertz CT molecular complexity index is 896. The third-order valence-corrected chi connectivity index (χ3v) is 11.5. The van der Waals surface area contributed by atoms with Gasteiger partial charge in [-0.1, -0.05) is 206 Å². The van der Waals surface area contributed by atoms with E-state index in [1.807, 2.05) is 27.2 Å². The zero-order valence-corrected chi connectivity index (χ0v) is 37.3. The standard InChI is InChI=1S/C45H91N2O6P/c1-6-8-10-12-14-16-17-18-19-20-21-22-23-24-25-26-27-28-29-31-32-34-36-38-44(48)43(42-53-54(50,51)52-41-40-47(3,4)5)46-45(49)39-37-35-33-30-15-13-11-9-7-2/h36,38,43-44,48H,6-35,37,39-42H2,1-5H3,(H-,46,49,50,51)/b38-36+. The van der Waals surface area contributed by atoms with Crippen molar-refractivity contribution in [3.05, 3.63) is 12.2 Å². The maximum Gasteiger partial charge on any atom is 0.268 e. The molecule has 1 amide bonds. The summed E-state index contributed by atoms with van der Waals surface area (Å²) in [6.45, 7) is 4.64. The van der Waals surface area contributed by atoms with Gasteiger partial charge in [0.05, 0.1) is 39.9 Å². The fraction of sp³-hybridized carbons (Fsp3) is 0.933. The van der Waals surface area contributed by atoms with Gasteiger partial charge in [0.15, 0.2) is 0 Å². The third-order valence-electron chi connectivity index (χ3n) is 10.5. The molecule has 0 aliphatic rings. The summed E-state index contributed by atoms with van der Waals surface area (Å²) in [6, 6.07) is -0.878. The lowest BCUT2D eigenvalue weighted by atomic mass is 10.0. The average Bonchev–Trinajstić information content (AvgIpc) is 3.12. The highest BCUT2D eigenvalue weighted by atomic mass is 31.2. The quantitative estimate of drug-likeness (QED) is 0.0276. The van der Waals surface area contributed by atoms with E-state index < -0.39 is 20.0 Å². The number of rotatable bonds is 42. The van der Waals surface area contributed by atoms with Crippen molar-refractivity contribution in [1.29, 1.82) is 0 Å². The number of phosphoric ester groups is 1. The van der Waals surface area contributed by atoms with Gasteiger partial charge in [0.2, 0.25) is 5.91 Å². The van der Waals surface area contributed by atoms with Gasteiger partial charge >= 0.3 is 0 Å². The van der Waals surface area contributed by atoms with Crippen LogP contribution in [-0.2, 0) is 18.4 Å². The molecule has 0 aromatic rings. The van der Waals surface area contributed by atoms with E-state index in [0.717, 1.165) is 38.5 Å². The van der Waals surface area contributed by atoms with Crippen LogP contribution in [0.2, 0.25) is 0 Å². The van der Waals surface area contributed by atoms with E-state index in [9.17, 15) is 19.4 Å². The van der Waals surface area contributed by atoms with Crippen molar-refractivity contribution in [1.82, 2.24) is 5.32 Å². The Balaban J connectivity index is 4.22. The molecular formula is C45H91N2O6P. The van der Waals surface area contributed by atoms with E-state index in [2.05, 4.69) is 19.2 Å². The first-order valence-corrected chi connectivity index (χ1v) is 24.5. The highest BCUT2D eigenvalue weighted by Gasteiger charge is 2.23. The Morgan fingerprint density at radius 2 is 1.00 bits per heavy atom. The monoisotopic (exact) mass is 787 g/mol. The predicted octanol–water partition coefficient (Wildman–Crippen LogP) is 12.1. The molecule has 0 bridgehead atoms. The van der Waals surface area contributed by atoms with E-state index in [-0.39, 0.29) is 19.1 Å². The maximum atomic E-state index is 12.8. The number of aliphatic hydroxyl groups excluding tert-OH is 1. The molecule has 0 aliphatic carbocycles. The van der Waals surface area contributed by atoms with Crippen molar-refractivity contribution in [2.75, 3.05) is 40.9 Å². The van der Waals surface area contributed by atoms with Crippen LogP contribution >= 0.6 is 7.82 Å². The number of likely N-dealkylation sites (N-methyl/N-ethyl adjacent to an activating group) is 1. The second kappa shape index (κ2) is 37.8. The normalized spacial score (nSPS) is 14.4. The lowest BCUT2D eigenvalue weighted by Gasteiger charge is -2.29. The molecule has 322 valence electrons. The van der Waals surface area contributed by atoms with Crippen LogP contribution in [0.3, 0.4) is 0 Å². The molecule has 0 aromatic heterocycles. The fourth-order valence-corrected chi connectivity index (χ4v) is 7.52. The number of hydrogen-bond acceptors (Lipinski definition) is 6. The number of nitrogens with one attached hydrogen (secondary N) is 1. The van der Waals surface area contributed by atoms with Crippen molar-refractivity contribution in [2.24, 2.45) is 0 Å². The van der Waals surface area contributed by atoms with Crippen molar-refractivity contribution in [3.8, 4) is 0 Å². The Hall–Kier alpha value is -0.760. The molecule has 0 rings (SSSR count). The first-order chi connectivity index (χ1) is 26.0. The Morgan fingerprint density at radius 3 is 1.39 bits per heavy atom. The summed E-state index contributed by atoms with van der Waals surface area (Å²) in [4.78, 5) is 25.2. The molecule has 0 saturated carbocycles. The summed E-state index contributed by atoms with van der Waals surface area (Å²) in [6.07, 6.45) is 42.7. The van der Waals surface area contributed by atoms with Crippen LogP contribution < -0.4 is 10.2 Å². The minimum atomic E-state index is -4.58. The van der Waals surface area contributed by atoms with E-state index in [1.54, 1.807) is 6.08 Å². The van der Waals surface area contributed by atoms with E-state index >= 15 is 0 Å². The molecular weight excluding hydrogens is 695 g/mol. The van der Waals surface area contributed by atoms with Crippen molar-refractivity contribution >= 4 is 13.7 Å². The van der Waals surface area contributed by atoms with Crippen LogP contribution in [0.5, 0.6) is 0 Å². The molecule has 54 heavy (non-hydrogen) atoms. The lowest BCUT2D eigenvalue weighted by Crippen LogP contribution is -2.45. The first kappa shape index (κ1) is 53.2. The van der Waals surface area contributed by atoms with Crippen molar-refractivity contribution in [3.63, 3.8) is 0 Å². The Labute approximate surface area is 335 Å². The molecule has 8 nitrogen and oxygen atoms in total. The Kier molecular flexibility index (Phi) is 37.3. The minimum absolute atomic E-state index is 0.00186. The summed E-state index contributed by atoms with van der Waals surface area (Å²) >= 11 is 0. The number of nitrogens with zero attached hydrogens (tertiary/aromatic N) is 1. The Morgan fingerprint density at radius 1 is 0.630 bits per heavy atom. The summed E-state index contributed by atoms with van der Waals surface area (Å²) in [5.41, 5.74) is 0. The molecule has 0 radical (unpaired) electrons. The summed E-state index contributed by atoms with van der Waals surface area (Å²) in [7, 11) is 1.27. The minimum Gasteiger partial charge on any atom is -0.756 e. The van der Waals surface area contributed by atoms with Gasteiger partial charge < -0.3 is 28.8 Å². The van der Waals surface area contributed by atoms with Gasteiger partial charge in [-0.3, -0.25) is 9.36 Å². The largest absolute Gasteiger partial charge is 0.756 e. The highest BCUT2D eigenvalue weighted by Crippen LogP contribution is 2.38. The van der Waals surface area contributed by atoms with E-state index in [0.29, 0.717) is 17.4 Å². The SMILES string of the molecule is CCCCCCCCCCCCCCCCCCCCCCC/C=C/C(O)C(COP(=O)([O-])OCC[N+](C)(C)C)NC(=O)CCCCCCCCCCC. The molecule has 3 atom stereocenters. The van der Waals surface area contributed by atoms with E-state index in [1.165, 1.54) is 161 Å². The van der Waals surface area contributed by atoms with Crippen LogP contribution in [0.4, 0.5) is 0 Å². The second-order valence-electron chi connectivity index (χ2n) is 17.1. The zero-order valence-electron chi connectivity index (χ0n) is 36.4. The molecule has 0 aromatic carbocycles. The molecule has 3 unspecified atom stereocenters. The van der Waals surface area contributed by atoms with Gasteiger partial charge in [-0.05, 0) is 19.3 Å². The number of quaternary nitrogens is 1. The van der Waals surface area contributed by atoms with Gasteiger partial charge in [0, 0.05) is 6.42 Å². The van der Waals surface area contributed by atoms with E-state index in [4.69, 9.17) is 9.05 Å². The van der Waals surface area contributed by atoms with Crippen molar-refractivity contribution in [2.45, 2.75) is 231 Å². The van der Waals surface area contributed by atoms with Crippen LogP contribution in [0.1, 0.15) is 219 Å². The molecule has 0 fully saturated rings. The number of carbonyl (C=O) groups excluding carboxylic acids is 1. The van der Waals surface area contributed by atoms with Crippen LogP contribution in [0.25, 0.3) is 0 Å². The van der Waals surface area contributed by atoms with Gasteiger partial charge in [-0.25, -0.2) is 0 Å². The van der Waals surface area contributed by atoms with Gasteiger partial charge in [-0.2, -0.15) is 0 Å². The number of allylic oxidation sites excluding steroid dienone is 1. The van der Waals surface area contributed by atoms with Crippen LogP contribution in [0.15, 0.2) is 12.2 Å². The first-order valence-electron chi connectivity index (χ1n) is 23.1. The molecule has 0 spiro atoms. The van der Waals surface area contributed by atoms with Gasteiger partial charge in [0.25, 0.3) is 7.82 Å². The average molecular weight is 787 g/mol. The summed E-state index contributed by atoms with van der Waals surface area (Å²) < 4.78 is 23.2.